The van der Waals surface area contributed by atoms with Crippen LogP contribution in [0.15, 0.2) is 42.5 Å². The van der Waals surface area contributed by atoms with Crippen LogP contribution in [0.3, 0.4) is 0 Å². The van der Waals surface area contributed by atoms with Crippen LogP contribution >= 0.6 is 39.1 Å². The summed E-state index contributed by atoms with van der Waals surface area (Å²) in [6.07, 6.45) is 2.04. The number of rotatable bonds is 2. The van der Waals surface area contributed by atoms with Crippen LogP contribution in [0.5, 0.6) is 0 Å². The summed E-state index contributed by atoms with van der Waals surface area (Å²) >= 11 is 16.1. The minimum Gasteiger partial charge on any atom is -0.0843 e. The Bertz CT molecular complexity index is 609. The molecular weight excluding hydrogens is 343 g/mol. The van der Waals surface area contributed by atoms with Gasteiger partial charge < -0.3 is 0 Å². The molecule has 0 nitrogen and oxygen atoms in total. The normalized spacial score (nSPS) is 21.4. The van der Waals surface area contributed by atoms with Crippen molar-refractivity contribution in [2.24, 2.45) is 5.92 Å². The first-order valence-corrected chi connectivity index (χ1v) is 7.98. The third-order valence-electron chi connectivity index (χ3n) is 3.74. The monoisotopic (exact) mass is 354 g/mol. The van der Waals surface area contributed by atoms with Crippen molar-refractivity contribution in [2.75, 3.05) is 0 Å². The van der Waals surface area contributed by atoms with Crippen LogP contribution < -0.4 is 0 Å². The second-order valence-electron chi connectivity index (χ2n) is 5.00. The predicted octanol–water partition coefficient (Wildman–Crippen LogP) is 5.84. The largest absolute Gasteiger partial charge is 0.0843 e. The molecule has 2 aromatic rings. The lowest BCUT2D eigenvalue weighted by atomic mass is 9.96. The average molecular weight is 356 g/mol. The summed E-state index contributed by atoms with van der Waals surface area (Å²) in [6.45, 7) is 0. The van der Waals surface area contributed by atoms with E-state index in [0.717, 1.165) is 28.5 Å². The molecule has 0 saturated heterocycles. The number of halogens is 3. The van der Waals surface area contributed by atoms with Crippen LogP contribution in [0.1, 0.15) is 21.5 Å². The molecule has 2 aromatic carbocycles. The zero-order valence-electron chi connectivity index (χ0n) is 10.2. The topological polar surface area (TPSA) is 0 Å². The van der Waals surface area contributed by atoms with E-state index in [1.165, 1.54) is 11.1 Å². The van der Waals surface area contributed by atoms with Gasteiger partial charge in [0.2, 0.25) is 0 Å². The second kappa shape index (κ2) is 5.47. The van der Waals surface area contributed by atoms with Gasteiger partial charge >= 0.3 is 0 Å². The number of alkyl halides is 1. The van der Waals surface area contributed by atoms with E-state index in [9.17, 15) is 0 Å². The van der Waals surface area contributed by atoms with Crippen molar-refractivity contribution in [1.29, 1.82) is 0 Å². The Morgan fingerprint density at radius 3 is 2.68 bits per heavy atom. The lowest BCUT2D eigenvalue weighted by Gasteiger charge is -2.15. The SMILES string of the molecule is Clc1ccc(Cl)c(CC2Cc3ccccc3C2Br)c1. The minimum atomic E-state index is 0.402. The van der Waals surface area contributed by atoms with Gasteiger partial charge in [-0.3, -0.25) is 0 Å². The molecular formula is C16H13BrCl2. The van der Waals surface area contributed by atoms with Gasteiger partial charge in [-0.15, -0.1) is 0 Å². The molecule has 19 heavy (non-hydrogen) atoms. The molecule has 3 rings (SSSR count). The van der Waals surface area contributed by atoms with E-state index in [4.69, 9.17) is 23.2 Å². The van der Waals surface area contributed by atoms with Crippen molar-refractivity contribution in [3.8, 4) is 0 Å². The first-order valence-electron chi connectivity index (χ1n) is 6.31. The van der Waals surface area contributed by atoms with E-state index in [-0.39, 0.29) is 0 Å². The van der Waals surface area contributed by atoms with Crippen molar-refractivity contribution in [2.45, 2.75) is 17.7 Å². The van der Waals surface area contributed by atoms with Gasteiger partial charge in [-0.05, 0) is 53.6 Å². The zero-order valence-corrected chi connectivity index (χ0v) is 13.3. The fraction of sp³-hybridized carbons (Fsp3) is 0.250. The van der Waals surface area contributed by atoms with Crippen LogP contribution in [0.2, 0.25) is 10.0 Å². The third kappa shape index (κ3) is 2.69. The number of hydrogen-bond donors (Lipinski definition) is 0. The lowest BCUT2D eigenvalue weighted by molar-refractivity contribution is 0.555. The highest BCUT2D eigenvalue weighted by atomic mass is 79.9. The van der Waals surface area contributed by atoms with Gasteiger partial charge in [0, 0.05) is 14.9 Å². The first kappa shape index (κ1) is 13.5. The van der Waals surface area contributed by atoms with Gasteiger partial charge in [0.05, 0.1) is 0 Å². The number of benzene rings is 2. The van der Waals surface area contributed by atoms with Gasteiger partial charge in [0.25, 0.3) is 0 Å². The Morgan fingerprint density at radius 2 is 1.89 bits per heavy atom. The van der Waals surface area contributed by atoms with Crippen molar-refractivity contribution in [1.82, 2.24) is 0 Å². The van der Waals surface area contributed by atoms with Crippen LogP contribution in [0.4, 0.5) is 0 Å². The van der Waals surface area contributed by atoms with E-state index < -0.39 is 0 Å². The van der Waals surface area contributed by atoms with Crippen LogP contribution in [-0.4, -0.2) is 0 Å². The maximum atomic E-state index is 6.26. The Kier molecular flexibility index (Phi) is 3.88. The van der Waals surface area contributed by atoms with Crippen LogP contribution in [0, 0.1) is 5.92 Å². The Hall–Kier alpha value is -0.500. The summed E-state index contributed by atoms with van der Waals surface area (Å²) in [7, 11) is 0. The van der Waals surface area contributed by atoms with Gasteiger partial charge in [-0.2, -0.15) is 0 Å². The van der Waals surface area contributed by atoms with Gasteiger partial charge in [-0.25, -0.2) is 0 Å². The molecule has 0 fully saturated rings. The molecule has 1 aliphatic carbocycles. The Labute approximate surface area is 131 Å². The maximum Gasteiger partial charge on any atom is 0.0439 e. The molecule has 3 heteroatoms. The summed E-state index contributed by atoms with van der Waals surface area (Å²) in [5, 5.41) is 1.56. The fourth-order valence-electron chi connectivity index (χ4n) is 2.79. The fourth-order valence-corrected chi connectivity index (χ4v) is 4.00. The highest BCUT2D eigenvalue weighted by molar-refractivity contribution is 9.09. The van der Waals surface area contributed by atoms with Gasteiger partial charge in [-0.1, -0.05) is 63.4 Å². The van der Waals surface area contributed by atoms with E-state index >= 15 is 0 Å². The molecule has 0 saturated carbocycles. The average Bonchev–Trinajstić information content (AvgIpc) is 2.72. The molecule has 0 bridgehead atoms. The highest BCUT2D eigenvalue weighted by Crippen LogP contribution is 2.44. The smallest absolute Gasteiger partial charge is 0.0439 e. The van der Waals surface area contributed by atoms with Crippen LogP contribution in [-0.2, 0) is 12.8 Å². The summed E-state index contributed by atoms with van der Waals surface area (Å²) in [6, 6.07) is 14.3. The van der Waals surface area contributed by atoms with E-state index in [2.05, 4.69) is 40.2 Å². The van der Waals surface area contributed by atoms with E-state index in [0.29, 0.717) is 10.7 Å². The molecule has 0 heterocycles. The summed E-state index contributed by atoms with van der Waals surface area (Å²) in [5.74, 6) is 0.536. The lowest BCUT2D eigenvalue weighted by Crippen LogP contribution is -2.06. The molecule has 2 unspecified atom stereocenters. The molecule has 0 spiro atoms. The minimum absolute atomic E-state index is 0.402. The first-order chi connectivity index (χ1) is 9.15. The Balaban J connectivity index is 1.85. The molecule has 0 aliphatic heterocycles. The summed E-state index contributed by atoms with van der Waals surface area (Å²) in [4.78, 5) is 0.402. The zero-order chi connectivity index (χ0) is 13.4. The highest BCUT2D eigenvalue weighted by Gasteiger charge is 2.30. The molecule has 0 amide bonds. The predicted molar refractivity (Wildman–Crippen MR) is 85.5 cm³/mol. The van der Waals surface area contributed by atoms with Gasteiger partial charge in [0.15, 0.2) is 0 Å². The standard InChI is InChI=1S/C16H13BrCl2/c17-16-12(7-10-3-1-2-4-14(10)16)8-11-9-13(18)5-6-15(11)19/h1-6,9,12,16H,7-8H2. The molecule has 0 aromatic heterocycles. The van der Waals surface area contributed by atoms with E-state index in [1.807, 2.05) is 18.2 Å². The number of fused-ring (bicyclic) bond motifs is 1. The molecule has 0 N–H and O–H groups in total. The van der Waals surface area contributed by atoms with Crippen LogP contribution in [0.25, 0.3) is 0 Å². The van der Waals surface area contributed by atoms with Crippen molar-refractivity contribution >= 4 is 39.1 Å². The number of hydrogen-bond acceptors (Lipinski definition) is 0. The molecule has 2 atom stereocenters. The van der Waals surface area contributed by atoms with Crippen molar-refractivity contribution in [3.05, 3.63) is 69.2 Å². The summed E-state index contributed by atoms with van der Waals surface area (Å²) in [5.41, 5.74) is 3.98. The quantitative estimate of drug-likeness (QED) is 0.593. The van der Waals surface area contributed by atoms with E-state index in [1.54, 1.807) is 0 Å². The Morgan fingerprint density at radius 1 is 1.11 bits per heavy atom. The van der Waals surface area contributed by atoms with Crippen molar-refractivity contribution in [3.63, 3.8) is 0 Å². The molecule has 0 radical (unpaired) electrons. The van der Waals surface area contributed by atoms with Gasteiger partial charge in [0.1, 0.15) is 0 Å². The maximum absolute atomic E-state index is 6.26. The molecule has 98 valence electrons. The third-order valence-corrected chi connectivity index (χ3v) is 5.58. The second-order valence-corrected chi connectivity index (χ2v) is 6.83. The molecule has 1 aliphatic rings. The summed E-state index contributed by atoms with van der Waals surface area (Å²) < 4.78 is 0. The van der Waals surface area contributed by atoms with Crippen molar-refractivity contribution < 1.29 is 0 Å².